The molecule has 0 amide bonds. The Morgan fingerprint density at radius 2 is 2.15 bits per heavy atom. The summed E-state index contributed by atoms with van der Waals surface area (Å²) in [6.45, 7) is 1.42. The van der Waals surface area contributed by atoms with Crippen LogP contribution in [0.5, 0.6) is 0 Å². The number of halogens is 3. The highest BCUT2D eigenvalue weighted by atomic mass is 19.4. The van der Waals surface area contributed by atoms with Crippen molar-refractivity contribution in [3.8, 4) is 0 Å². The van der Waals surface area contributed by atoms with Crippen LogP contribution in [0.4, 0.5) is 13.2 Å². The zero-order valence-corrected chi connectivity index (χ0v) is 7.18. The molecule has 78 valence electrons. The number of hydrogen-bond donors (Lipinski definition) is 1. The Morgan fingerprint density at radius 1 is 1.46 bits per heavy atom. The zero-order valence-electron chi connectivity index (χ0n) is 7.18. The number of nitrogens with zero attached hydrogens (tertiary/aromatic N) is 1. The summed E-state index contributed by atoms with van der Waals surface area (Å²) in [6, 6.07) is 0.103. The SMILES string of the molecule is N[C@@H]1CCN(CCOC(F)(F)F)C1. The van der Waals surface area contributed by atoms with Gasteiger partial charge in [0.15, 0.2) is 0 Å². The molecule has 1 fully saturated rings. The van der Waals surface area contributed by atoms with Gasteiger partial charge in [-0.3, -0.25) is 9.64 Å². The molecule has 1 aliphatic rings. The van der Waals surface area contributed by atoms with E-state index in [1.54, 1.807) is 0 Å². The number of ether oxygens (including phenoxy) is 1. The summed E-state index contributed by atoms with van der Waals surface area (Å²) in [6.07, 6.45) is -3.66. The van der Waals surface area contributed by atoms with Crippen LogP contribution in [0, 0.1) is 0 Å². The number of rotatable bonds is 3. The lowest BCUT2D eigenvalue weighted by atomic mass is 10.3. The molecule has 6 heteroatoms. The van der Waals surface area contributed by atoms with Crippen molar-refractivity contribution in [2.45, 2.75) is 18.8 Å². The van der Waals surface area contributed by atoms with Gasteiger partial charge in [0, 0.05) is 19.1 Å². The van der Waals surface area contributed by atoms with E-state index >= 15 is 0 Å². The minimum atomic E-state index is -4.51. The lowest BCUT2D eigenvalue weighted by Crippen LogP contribution is -2.30. The Balaban J connectivity index is 2.07. The van der Waals surface area contributed by atoms with Crippen molar-refractivity contribution in [3.05, 3.63) is 0 Å². The van der Waals surface area contributed by atoms with Crippen molar-refractivity contribution in [2.24, 2.45) is 5.73 Å². The van der Waals surface area contributed by atoms with Gasteiger partial charge in [-0.15, -0.1) is 13.2 Å². The molecule has 0 aromatic heterocycles. The minimum absolute atomic E-state index is 0.103. The van der Waals surface area contributed by atoms with Crippen molar-refractivity contribution in [1.82, 2.24) is 4.90 Å². The van der Waals surface area contributed by atoms with Gasteiger partial charge in [-0.1, -0.05) is 0 Å². The molecule has 0 aromatic rings. The van der Waals surface area contributed by atoms with Crippen LogP contribution in [-0.2, 0) is 4.74 Å². The van der Waals surface area contributed by atoms with Crippen LogP contribution in [0.25, 0.3) is 0 Å². The number of alkyl halides is 3. The van der Waals surface area contributed by atoms with Crippen molar-refractivity contribution >= 4 is 0 Å². The zero-order chi connectivity index (χ0) is 9.90. The second-order valence-electron chi connectivity index (χ2n) is 3.14. The molecule has 0 aromatic carbocycles. The predicted molar refractivity (Wildman–Crippen MR) is 41.0 cm³/mol. The second kappa shape index (κ2) is 4.26. The van der Waals surface area contributed by atoms with Gasteiger partial charge in [0.2, 0.25) is 0 Å². The van der Waals surface area contributed by atoms with Crippen molar-refractivity contribution in [2.75, 3.05) is 26.2 Å². The van der Waals surface area contributed by atoms with E-state index in [2.05, 4.69) is 4.74 Å². The fraction of sp³-hybridized carbons (Fsp3) is 1.00. The van der Waals surface area contributed by atoms with Gasteiger partial charge in [0.05, 0.1) is 6.61 Å². The van der Waals surface area contributed by atoms with Crippen LogP contribution in [-0.4, -0.2) is 43.5 Å². The van der Waals surface area contributed by atoms with Crippen LogP contribution in [0.3, 0.4) is 0 Å². The molecule has 0 radical (unpaired) electrons. The first kappa shape index (κ1) is 10.7. The van der Waals surface area contributed by atoms with Crippen LogP contribution in [0.15, 0.2) is 0 Å². The maximum Gasteiger partial charge on any atom is 0.522 e. The van der Waals surface area contributed by atoms with E-state index in [1.165, 1.54) is 0 Å². The molecule has 3 nitrogen and oxygen atoms in total. The van der Waals surface area contributed by atoms with E-state index in [0.717, 1.165) is 13.0 Å². The Bertz CT molecular complexity index is 162. The van der Waals surface area contributed by atoms with Gasteiger partial charge in [0.1, 0.15) is 0 Å². The maximum absolute atomic E-state index is 11.5. The molecular formula is C7H13F3N2O. The summed E-state index contributed by atoms with van der Waals surface area (Å²) in [5.74, 6) is 0. The fourth-order valence-corrected chi connectivity index (χ4v) is 1.36. The highest BCUT2D eigenvalue weighted by Crippen LogP contribution is 2.16. The molecule has 0 unspecified atom stereocenters. The minimum Gasteiger partial charge on any atom is -0.326 e. The molecule has 0 aliphatic carbocycles. The Labute approximate surface area is 74.6 Å². The van der Waals surface area contributed by atoms with E-state index in [9.17, 15) is 13.2 Å². The lowest BCUT2D eigenvalue weighted by molar-refractivity contribution is -0.324. The van der Waals surface area contributed by atoms with Crippen LogP contribution < -0.4 is 5.73 Å². The van der Waals surface area contributed by atoms with Gasteiger partial charge in [-0.05, 0) is 13.0 Å². The number of hydrogen-bond acceptors (Lipinski definition) is 3. The highest BCUT2D eigenvalue weighted by molar-refractivity contribution is 4.77. The summed E-state index contributed by atoms with van der Waals surface area (Å²) in [4.78, 5) is 1.87. The molecule has 0 bridgehead atoms. The van der Waals surface area contributed by atoms with Crippen LogP contribution in [0.2, 0.25) is 0 Å². The molecular weight excluding hydrogens is 185 g/mol. The summed E-state index contributed by atoms with van der Waals surface area (Å²) in [5.41, 5.74) is 5.58. The van der Waals surface area contributed by atoms with E-state index in [1.807, 2.05) is 4.90 Å². The average molecular weight is 198 g/mol. The number of nitrogens with two attached hydrogens (primary N) is 1. The van der Waals surface area contributed by atoms with E-state index in [4.69, 9.17) is 5.73 Å². The first-order chi connectivity index (χ1) is 5.97. The van der Waals surface area contributed by atoms with Gasteiger partial charge < -0.3 is 5.73 Å². The molecule has 1 atom stereocenters. The second-order valence-corrected chi connectivity index (χ2v) is 3.14. The van der Waals surface area contributed by atoms with Crippen molar-refractivity contribution < 1.29 is 17.9 Å². The average Bonchev–Trinajstić information content (AvgIpc) is 2.33. The van der Waals surface area contributed by atoms with Gasteiger partial charge in [-0.2, -0.15) is 0 Å². The van der Waals surface area contributed by atoms with Crippen molar-refractivity contribution in [1.29, 1.82) is 0 Å². The largest absolute Gasteiger partial charge is 0.522 e. The molecule has 1 rings (SSSR count). The van der Waals surface area contributed by atoms with Gasteiger partial charge in [-0.25, -0.2) is 0 Å². The predicted octanol–water partition coefficient (Wildman–Crippen LogP) is 0.556. The first-order valence-electron chi connectivity index (χ1n) is 4.16. The fourth-order valence-electron chi connectivity index (χ4n) is 1.36. The molecule has 1 heterocycles. The standard InChI is InChI=1S/C7H13F3N2O/c8-7(9,10)13-4-3-12-2-1-6(11)5-12/h6H,1-5,11H2/t6-/m1/s1. The quantitative estimate of drug-likeness (QED) is 0.720. The molecule has 1 aliphatic heterocycles. The third kappa shape index (κ3) is 4.44. The van der Waals surface area contributed by atoms with Gasteiger partial charge in [0.25, 0.3) is 0 Å². The van der Waals surface area contributed by atoms with E-state index < -0.39 is 6.36 Å². The van der Waals surface area contributed by atoms with E-state index in [-0.39, 0.29) is 12.6 Å². The molecule has 2 N–H and O–H groups in total. The monoisotopic (exact) mass is 198 g/mol. The highest BCUT2D eigenvalue weighted by Gasteiger charge is 2.29. The smallest absolute Gasteiger partial charge is 0.326 e. The maximum atomic E-state index is 11.5. The number of likely N-dealkylation sites (tertiary alicyclic amines) is 1. The molecule has 0 spiro atoms. The van der Waals surface area contributed by atoms with Gasteiger partial charge >= 0.3 is 6.36 Å². The summed E-state index contributed by atoms with van der Waals surface area (Å²) >= 11 is 0. The molecule has 1 saturated heterocycles. The summed E-state index contributed by atoms with van der Waals surface area (Å²) in [5, 5.41) is 0. The van der Waals surface area contributed by atoms with Crippen molar-refractivity contribution in [3.63, 3.8) is 0 Å². The normalized spacial score (nSPS) is 25.4. The summed E-state index contributed by atoms with van der Waals surface area (Å²) in [7, 11) is 0. The Hall–Kier alpha value is -0.330. The van der Waals surface area contributed by atoms with Crippen LogP contribution >= 0.6 is 0 Å². The van der Waals surface area contributed by atoms with Crippen LogP contribution in [0.1, 0.15) is 6.42 Å². The Kier molecular flexibility index (Phi) is 3.52. The Morgan fingerprint density at radius 3 is 2.62 bits per heavy atom. The summed E-state index contributed by atoms with van der Waals surface area (Å²) < 4.78 is 38.3. The van der Waals surface area contributed by atoms with E-state index in [0.29, 0.717) is 13.1 Å². The lowest BCUT2D eigenvalue weighted by Gasteiger charge is -2.15. The topological polar surface area (TPSA) is 38.5 Å². The molecule has 13 heavy (non-hydrogen) atoms. The third-order valence-electron chi connectivity index (χ3n) is 1.98. The first-order valence-corrected chi connectivity index (χ1v) is 4.16. The third-order valence-corrected chi connectivity index (χ3v) is 1.98. The molecule has 0 saturated carbocycles.